The van der Waals surface area contributed by atoms with E-state index in [2.05, 4.69) is 21.0 Å². The topological polar surface area (TPSA) is 90.1 Å². The summed E-state index contributed by atoms with van der Waals surface area (Å²) in [4.78, 5) is 45.8. The highest BCUT2D eigenvalue weighted by Gasteiger charge is 2.32. The van der Waals surface area contributed by atoms with Gasteiger partial charge in [-0.3, -0.25) is 23.6 Å². The van der Waals surface area contributed by atoms with Gasteiger partial charge in [0.25, 0.3) is 11.5 Å². The van der Waals surface area contributed by atoms with Crippen LogP contribution >= 0.6 is 15.9 Å². The van der Waals surface area contributed by atoms with Crippen LogP contribution in [0.15, 0.2) is 64.0 Å². The molecule has 1 aliphatic rings. The molecule has 2 aromatic heterocycles. The van der Waals surface area contributed by atoms with E-state index in [9.17, 15) is 14.4 Å². The molecule has 37 heavy (non-hydrogen) atoms. The van der Waals surface area contributed by atoms with Crippen LogP contribution in [0.4, 0.5) is 0 Å². The van der Waals surface area contributed by atoms with Crippen molar-refractivity contribution in [2.24, 2.45) is 7.05 Å². The number of carbonyl (C=O) groups excluding carboxylic acids is 2. The third-order valence-corrected chi connectivity index (χ3v) is 7.64. The Balaban J connectivity index is 1.62. The Morgan fingerprint density at radius 2 is 1.76 bits per heavy atom. The van der Waals surface area contributed by atoms with Crippen molar-refractivity contribution < 1.29 is 9.59 Å². The molecule has 2 aromatic carbocycles. The number of Topliss-reactive ketones (excluding diaryl/α,β-unsaturated/α-hetero) is 1. The lowest BCUT2D eigenvalue weighted by molar-refractivity contribution is 0.0653. The van der Waals surface area contributed by atoms with Gasteiger partial charge in [-0.05, 0) is 81.3 Å². The van der Waals surface area contributed by atoms with Crippen LogP contribution in [0, 0.1) is 6.92 Å². The quantitative estimate of drug-likeness (QED) is 0.343. The molecule has 1 unspecified atom stereocenters. The van der Waals surface area contributed by atoms with Crippen molar-refractivity contribution in [2.45, 2.75) is 39.8 Å². The highest BCUT2D eigenvalue weighted by molar-refractivity contribution is 9.10. The SMILES string of the molecule is CC(=O)c1ccc(-n2c(-c3ccn(C)n3)nc3c(c2=O)CC(C)N(C(=O)c2ccc(Br)c(C)c2)C3)cc1. The molecular formula is C28H26BrN5O3. The molecule has 188 valence electrons. The zero-order valence-electron chi connectivity index (χ0n) is 21.0. The van der Waals surface area contributed by atoms with Crippen LogP contribution in [0.2, 0.25) is 0 Å². The van der Waals surface area contributed by atoms with Crippen molar-refractivity contribution in [2.75, 3.05) is 0 Å². The molecule has 3 heterocycles. The van der Waals surface area contributed by atoms with Crippen LogP contribution in [-0.4, -0.2) is 42.0 Å². The first kappa shape index (κ1) is 24.8. The lowest BCUT2D eigenvalue weighted by Crippen LogP contribution is -2.46. The van der Waals surface area contributed by atoms with Crippen LogP contribution in [0.3, 0.4) is 0 Å². The van der Waals surface area contributed by atoms with Gasteiger partial charge in [-0.1, -0.05) is 15.9 Å². The largest absolute Gasteiger partial charge is 0.330 e. The maximum Gasteiger partial charge on any atom is 0.261 e. The van der Waals surface area contributed by atoms with Crippen molar-refractivity contribution in [3.05, 3.63) is 97.5 Å². The molecule has 1 amide bonds. The first-order valence-corrected chi connectivity index (χ1v) is 12.8. The lowest BCUT2D eigenvalue weighted by atomic mass is 9.98. The zero-order chi connectivity index (χ0) is 26.4. The zero-order valence-corrected chi connectivity index (χ0v) is 22.6. The van der Waals surface area contributed by atoms with Crippen LogP contribution in [0.1, 0.15) is 51.4 Å². The molecule has 0 bridgehead atoms. The predicted molar refractivity (Wildman–Crippen MR) is 144 cm³/mol. The van der Waals surface area contributed by atoms with Crippen LogP contribution in [-0.2, 0) is 20.0 Å². The molecule has 1 atom stereocenters. The van der Waals surface area contributed by atoms with Gasteiger partial charge in [0.05, 0.1) is 17.9 Å². The number of benzene rings is 2. The summed E-state index contributed by atoms with van der Waals surface area (Å²) in [5.74, 6) is 0.243. The third-order valence-electron chi connectivity index (χ3n) is 6.75. The van der Waals surface area contributed by atoms with Crippen molar-refractivity contribution in [1.82, 2.24) is 24.2 Å². The smallest absolute Gasteiger partial charge is 0.261 e. The number of rotatable bonds is 4. The molecule has 0 N–H and O–H groups in total. The summed E-state index contributed by atoms with van der Waals surface area (Å²) in [6.45, 7) is 5.63. The minimum atomic E-state index is -0.195. The van der Waals surface area contributed by atoms with Gasteiger partial charge in [0.2, 0.25) is 0 Å². The molecule has 0 fully saturated rings. The first-order chi connectivity index (χ1) is 17.6. The monoisotopic (exact) mass is 559 g/mol. The van der Waals surface area contributed by atoms with E-state index in [0.717, 1.165) is 10.0 Å². The summed E-state index contributed by atoms with van der Waals surface area (Å²) in [7, 11) is 1.80. The first-order valence-electron chi connectivity index (χ1n) is 12.0. The normalized spacial score (nSPS) is 14.9. The number of aromatic nitrogens is 4. The van der Waals surface area contributed by atoms with Crippen molar-refractivity contribution in [1.29, 1.82) is 0 Å². The molecule has 9 heteroatoms. The Morgan fingerprint density at radius 1 is 1.05 bits per heavy atom. The standard InChI is InChI=1S/C28H26BrN5O3/c1-16-13-20(7-10-23(16)29)27(36)33-15-25-22(14-17(33)2)28(37)34(21-8-5-19(6-9-21)18(3)35)26(30-25)24-11-12-32(4)31-24/h5-13,17H,14-15H2,1-4H3. The highest BCUT2D eigenvalue weighted by atomic mass is 79.9. The number of carbonyl (C=O) groups is 2. The second-order valence-electron chi connectivity index (χ2n) is 9.43. The predicted octanol–water partition coefficient (Wildman–Crippen LogP) is 4.49. The molecule has 0 saturated carbocycles. The molecule has 8 nitrogen and oxygen atoms in total. The van der Waals surface area contributed by atoms with Gasteiger partial charge in [0, 0.05) is 40.4 Å². The molecule has 0 saturated heterocycles. The van der Waals surface area contributed by atoms with Gasteiger partial charge in [-0.2, -0.15) is 5.10 Å². The Kier molecular flexibility index (Phi) is 6.41. The van der Waals surface area contributed by atoms with Gasteiger partial charge in [-0.15, -0.1) is 0 Å². The summed E-state index contributed by atoms with van der Waals surface area (Å²) < 4.78 is 4.14. The van der Waals surface area contributed by atoms with E-state index in [-0.39, 0.29) is 29.8 Å². The molecule has 5 rings (SSSR count). The number of hydrogen-bond donors (Lipinski definition) is 0. The van der Waals surface area contributed by atoms with E-state index in [0.29, 0.717) is 46.0 Å². The fourth-order valence-electron chi connectivity index (χ4n) is 4.67. The Hall–Kier alpha value is -3.85. The van der Waals surface area contributed by atoms with E-state index >= 15 is 0 Å². The summed E-state index contributed by atoms with van der Waals surface area (Å²) in [6.07, 6.45) is 2.17. The number of halogens is 1. The maximum absolute atomic E-state index is 13.9. The van der Waals surface area contributed by atoms with Gasteiger partial charge in [0.1, 0.15) is 5.69 Å². The molecule has 0 spiro atoms. The van der Waals surface area contributed by atoms with E-state index < -0.39 is 0 Å². The van der Waals surface area contributed by atoms with Gasteiger partial charge < -0.3 is 4.90 Å². The Labute approximate surface area is 222 Å². The van der Waals surface area contributed by atoms with E-state index in [1.807, 2.05) is 26.0 Å². The molecule has 0 radical (unpaired) electrons. The maximum atomic E-state index is 13.9. The summed E-state index contributed by atoms with van der Waals surface area (Å²) in [5.41, 5.74) is 4.24. The lowest BCUT2D eigenvalue weighted by Gasteiger charge is -2.34. The number of nitrogens with zero attached hydrogens (tertiary/aromatic N) is 5. The fraction of sp³-hybridized carbons (Fsp3) is 0.250. The van der Waals surface area contributed by atoms with Gasteiger partial charge in [0.15, 0.2) is 11.6 Å². The number of ketones is 1. The fourth-order valence-corrected chi connectivity index (χ4v) is 4.91. The minimum Gasteiger partial charge on any atom is -0.330 e. The molecule has 4 aromatic rings. The van der Waals surface area contributed by atoms with E-state index in [1.54, 1.807) is 63.8 Å². The summed E-state index contributed by atoms with van der Waals surface area (Å²) in [5, 5.41) is 4.49. The average molecular weight is 560 g/mol. The van der Waals surface area contributed by atoms with Crippen molar-refractivity contribution >= 4 is 27.6 Å². The number of hydrogen-bond acceptors (Lipinski definition) is 5. The van der Waals surface area contributed by atoms with Crippen molar-refractivity contribution in [3.8, 4) is 17.2 Å². The number of fused-ring (bicyclic) bond motifs is 1. The molecule has 1 aliphatic heterocycles. The van der Waals surface area contributed by atoms with Crippen molar-refractivity contribution in [3.63, 3.8) is 0 Å². The number of amides is 1. The van der Waals surface area contributed by atoms with Gasteiger partial charge in [-0.25, -0.2) is 4.98 Å². The second kappa shape index (κ2) is 9.55. The van der Waals surface area contributed by atoms with E-state index in [1.165, 1.54) is 6.92 Å². The average Bonchev–Trinajstić information content (AvgIpc) is 3.31. The Morgan fingerprint density at radius 3 is 2.38 bits per heavy atom. The van der Waals surface area contributed by atoms with Crippen LogP contribution in [0.25, 0.3) is 17.2 Å². The van der Waals surface area contributed by atoms with E-state index in [4.69, 9.17) is 4.98 Å². The molecular weight excluding hydrogens is 534 g/mol. The minimum absolute atomic E-state index is 0.0491. The summed E-state index contributed by atoms with van der Waals surface area (Å²) in [6, 6.07) is 14.1. The highest BCUT2D eigenvalue weighted by Crippen LogP contribution is 2.27. The number of aryl methyl sites for hydroxylation is 2. The van der Waals surface area contributed by atoms with Gasteiger partial charge >= 0.3 is 0 Å². The summed E-state index contributed by atoms with van der Waals surface area (Å²) >= 11 is 3.49. The second-order valence-corrected chi connectivity index (χ2v) is 10.3. The molecule has 0 aliphatic carbocycles. The van der Waals surface area contributed by atoms with Crippen LogP contribution < -0.4 is 5.56 Å². The Bertz CT molecular complexity index is 1600. The van der Waals surface area contributed by atoms with Crippen LogP contribution in [0.5, 0.6) is 0 Å². The third kappa shape index (κ3) is 4.55.